The van der Waals surface area contributed by atoms with Gasteiger partial charge in [-0.2, -0.15) is 0 Å². The largest absolute Gasteiger partial charge is 0.372 e. The number of benzene rings is 1. The van der Waals surface area contributed by atoms with Gasteiger partial charge in [-0.15, -0.1) is 0 Å². The zero-order valence-corrected chi connectivity index (χ0v) is 15.9. The van der Waals surface area contributed by atoms with Gasteiger partial charge < -0.3 is 4.90 Å². The highest BCUT2D eigenvalue weighted by atomic mass is 16.1. The maximum Gasteiger partial charge on any atom is 0.266 e. The van der Waals surface area contributed by atoms with Gasteiger partial charge in [-0.05, 0) is 54.7 Å². The Morgan fingerprint density at radius 2 is 1.69 bits per heavy atom. The fourth-order valence-electron chi connectivity index (χ4n) is 4.70. The SMILES string of the molecule is O=C1c2c3cccccc-3cc2-n2c1nc1ccc(N3CCCCC3)cc1c2=O. The van der Waals surface area contributed by atoms with E-state index in [1.807, 2.05) is 54.6 Å². The molecule has 2 aliphatic heterocycles. The van der Waals surface area contributed by atoms with Crippen molar-refractivity contribution < 1.29 is 4.79 Å². The van der Waals surface area contributed by atoms with E-state index in [9.17, 15) is 9.59 Å². The Labute approximate surface area is 167 Å². The van der Waals surface area contributed by atoms with E-state index in [0.717, 1.165) is 29.9 Å². The second-order valence-electron chi connectivity index (χ2n) is 7.84. The number of aromatic nitrogens is 2. The van der Waals surface area contributed by atoms with Crippen LogP contribution in [0.5, 0.6) is 0 Å². The summed E-state index contributed by atoms with van der Waals surface area (Å²) in [5.41, 5.74) is 4.50. The van der Waals surface area contributed by atoms with Crippen molar-refractivity contribution >= 4 is 22.4 Å². The Kier molecular flexibility index (Phi) is 3.42. The van der Waals surface area contributed by atoms with Crippen molar-refractivity contribution in [2.24, 2.45) is 0 Å². The third-order valence-electron chi connectivity index (χ3n) is 6.13. The summed E-state index contributed by atoms with van der Waals surface area (Å²) in [5, 5.41) is 0.563. The third kappa shape index (κ3) is 2.30. The van der Waals surface area contributed by atoms with Crippen LogP contribution >= 0.6 is 0 Å². The van der Waals surface area contributed by atoms with Crippen molar-refractivity contribution in [3.05, 3.63) is 76.3 Å². The first-order valence-corrected chi connectivity index (χ1v) is 10.1. The fourth-order valence-corrected chi connectivity index (χ4v) is 4.70. The number of hydrogen-bond acceptors (Lipinski definition) is 4. The van der Waals surface area contributed by atoms with Crippen LogP contribution in [0.4, 0.5) is 5.69 Å². The van der Waals surface area contributed by atoms with Gasteiger partial charge in [0.1, 0.15) is 0 Å². The van der Waals surface area contributed by atoms with Gasteiger partial charge in [-0.1, -0.05) is 30.3 Å². The van der Waals surface area contributed by atoms with Crippen molar-refractivity contribution in [3.63, 3.8) is 0 Å². The number of nitrogens with zero attached hydrogens (tertiary/aromatic N) is 3. The average molecular weight is 381 g/mol. The van der Waals surface area contributed by atoms with Gasteiger partial charge in [-0.25, -0.2) is 4.98 Å². The van der Waals surface area contributed by atoms with Gasteiger partial charge in [0.25, 0.3) is 5.56 Å². The molecule has 4 aliphatic rings. The minimum atomic E-state index is -0.180. The van der Waals surface area contributed by atoms with Crippen molar-refractivity contribution in [1.29, 1.82) is 0 Å². The van der Waals surface area contributed by atoms with Crippen LogP contribution in [0.2, 0.25) is 0 Å². The standard InChI is InChI=1S/C24H19N3O2/c28-22-21-17-8-4-1-3-7-15(17)13-20(21)27-23(22)25-19-10-9-16(14-18(19)24(27)29)26-11-5-2-6-12-26/h1,3-4,7-10,13-14H,2,5-6,11-12H2. The smallest absolute Gasteiger partial charge is 0.266 e. The van der Waals surface area contributed by atoms with Crippen molar-refractivity contribution in [1.82, 2.24) is 9.55 Å². The predicted molar refractivity (Wildman–Crippen MR) is 113 cm³/mol. The van der Waals surface area contributed by atoms with Crippen LogP contribution in [0.3, 0.4) is 0 Å². The molecule has 1 aromatic carbocycles. The van der Waals surface area contributed by atoms with E-state index in [2.05, 4.69) is 9.88 Å². The first kappa shape index (κ1) is 16.5. The number of carbonyl (C=O) groups excluding carboxylic acids is 1. The summed E-state index contributed by atoms with van der Waals surface area (Å²) in [4.78, 5) is 33.5. The Morgan fingerprint density at radius 3 is 2.55 bits per heavy atom. The van der Waals surface area contributed by atoms with Crippen LogP contribution in [0, 0.1) is 0 Å². The molecular formula is C24H19N3O2. The average Bonchev–Trinajstić information content (AvgIpc) is 3.13. The van der Waals surface area contributed by atoms with E-state index in [1.165, 1.54) is 23.8 Å². The normalized spacial score (nSPS) is 15.7. The number of ketones is 1. The topological polar surface area (TPSA) is 55.2 Å². The van der Waals surface area contributed by atoms with E-state index >= 15 is 0 Å². The van der Waals surface area contributed by atoms with E-state index in [1.54, 1.807) is 0 Å². The molecular weight excluding hydrogens is 362 g/mol. The van der Waals surface area contributed by atoms with Gasteiger partial charge >= 0.3 is 0 Å². The zero-order valence-electron chi connectivity index (χ0n) is 15.9. The van der Waals surface area contributed by atoms with Gasteiger partial charge in [-0.3, -0.25) is 14.2 Å². The fraction of sp³-hybridized carbons (Fsp3) is 0.208. The zero-order chi connectivity index (χ0) is 19.5. The lowest BCUT2D eigenvalue weighted by atomic mass is 10.1. The number of rotatable bonds is 1. The molecule has 0 unspecified atom stereocenters. The van der Waals surface area contributed by atoms with E-state index in [-0.39, 0.29) is 17.2 Å². The van der Waals surface area contributed by atoms with Crippen molar-refractivity contribution in [2.45, 2.75) is 19.3 Å². The molecule has 0 amide bonds. The molecule has 0 bridgehead atoms. The van der Waals surface area contributed by atoms with E-state index in [4.69, 9.17) is 0 Å². The first-order chi connectivity index (χ1) is 14.2. The molecule has 0 radical (unpaired) electrons. The number of anilines is 1. The summed E-state index contributed by atoms with van der Waals surface area (Å²) in [7, 11) is 0. The molecule has 2 aromatic rings. The van der Waals surface area contributed by atoms with E-state index < -0.39 is 0 Å². The molecule has 1 saturated heterocycles. The monoisotopic (exact) mass is 381 g/mol. The van der Waals surface area contributed by atoms with Gasteiger partial charge in [0.2, 0.25) is 5.78 Å². The molecule has 0 atom stereocenters. The number of fused-ring (bicyclic) bond motifs is 6. The van der Waals surface area contributed by atoms with Crippen LogP contribution in [0.15, 0.2) is 59.4 Å². The van der Waals surface area contributed by atoms with Crippen LogP contribution < -0.4 is 10.5 Å². The summed E-state index contributed by atoms with van der Waals surface area (Å²) >= 11 is 0. The molecule has 5 nitrogen and oxygen atoms in total. The highest BCUT2D eigenvalue weighted by Crippen LogP contribution is 2.39. The predicted octanol–water partition coefficient (Wildman–Crippen LogP) is 4.03. The van der Waals surface area contributed by atoms with Crippen molar-refractivity contribution in [2.75, 3.05) is 18.0 Å². The second-order valence-corrected chi connectivity index (χ2v) is 7.84. The van der Waals surface area contributed by atoms with Crippen LogP contribution in [-0.2, 0) is 0 Å². The second kappa shape index (κ2) is 6.01. The van der Waals surface area contributed by atoms with Crippen molar-refractivity contribution in [3.8, 4) is 16.8 Å². The summed E-state index contributed by atoms with van der Waals surface area (Å²) in [6.07, 6.45) is 3.61. The maximum atomic E-state index is 13.5. The summed E-state index contributed by atoms with van der Waals surface area (Å²) in [6, 6.07) is 17.4. The molecule has 3 heterocycles. The number of hydrogen-bond donors (Lipinski definition) is 0. The molecule has 2 aliphatic carbocycles. The Morgan fingerprint density at radius 1 is 0.862 bits per heavy atom. The molecule has 1 aromatic heterocycles. The van der Waals surface area contributed by atoms with Gasteiger partial charge in [0.15, 0.2) is 5.82 Å². The maximum absolute atomic E-state index is 13.5. The van der Waals surface area contributed by atoms with Gasteiger partial charge in [0, 0.05) is 18.8 Å². The Hall–Kier alpha value is -3.47. The van der Waals surface area contributed by atoms with E-state index in [0.29, 0.717) is 22.2 Å². The lowest BCUT2D eigenvalue weighted by Gasteiger charge is -2.28. The molecule has 5 heteroatoms. The quantitative estimate of drug-likeness (QED) is 0.440. The molecule has 29 heavy (non-hydrogen) atoms. The Balaban J connectivity index is 1.60. The first-order valence-electron chi connectivity index (χ1n) is 10.1. The van der Waals surface area contributed by atoms with Crippen LogP contribution in [-0.4, -0.2) is 28.4 Å². The molecule has 0 saturated carbocycles. The van der Waals surface area contributed by atoms with Crippen LogP contribution in [0.25, 0.3) is 27.7 Å². The molecule has 6 rings (SSSR count). The third-order valence-corrected chi connectivity index (χ3v) is 6.13. The lowest BCUT2D eigenvalue weighted by molar-refractivity contribution is 0.103. The minimum Gasteiger partial charge on any atom is -0.372 e. The molecule has 142 valence electrons. The highest BCUT2D eigenvalue weighted by molar-refractivity contribution is 6.18. The number of carbonyl (C=O) groups is 1. The molecule has 0 N–H and O–H groups in total. The summed E-state index contributed by atoms with van der Waals surface area (Å²) in [5.74, 6) is 0.0342. The minimum absolute atomic E-state index is 0.171. The number of piperidine rings is 1. The molecule has 0 spiro atoms. The molecule has 1 fully saturated rings. The highest BCUT2D eigenvalue weighted by Gasteiger charge is 2.35. The summed E-state index contributed by atoms with van der Waals surface area (Å²) in [6.45, 7) is 2.03. The summed E-state index contributed by atoms with van der Waals surface area (Å²) < 4.78 is 1.50. The Bertz CT molecular complexity index is 1330. The lowest BCUT2D eigenvalue weighted by Crippen LogP contribution is -2.29. The van der Waals surface area contributed by atoms with Crippen LogP contribution in [0.1, 0.15) is 35.4 Å². The van der Waals surface area contributed by atoms with Gasteiger partial charge in [0.05, 0.1) is 22.2 Å².